The molecule has 0 spiro atoms. The monoisotopic (exact) mass is 349 g/mol. The van der Waals surface area contributed by atoms with Gasteiger partial charge in [0, 0.05) is 12.4 Å². The Morgan fingerprint density at radius 1 is 0.950 bits per heavy atom. The van der Waals surface area contributed by atoms with Gasteiger partial charge in [-0.15, -0.1) is 24.8 Å². The Morgan fingerprint density at radius 3 is 1.70 bits per heavy atom. The highest BCUT2D eigenvalue weighted by Gasteiger charge is 2.19. The molecule has 0 aliphatic heterocycles. The van der Waals surface area contributed by atoms with Gasteiger partial charge in [0.05, 0.1) is 10.1 Å². The summed E-state index contributed by atoms with van der Waals surface area (Å²) in [5.74, 6) is -0.388. The van der Waals surface area contributed by atoms with E-state index in [1.54, 1.807) is 12.4 Å². The molecule has 0 fully saturated rings. The second-order valence-electron chi connectivity index (χ2n) is 3.31. The number of hydrogen-bond donors (Lipinski definition) is 1. The van der Waals surface area contributed by atoms with Crippen LogP contribution < -0.4 is 5.73 Å². The first-order valence-corrected chi connectivity index (χ1v) is 6.96. The van der Waals surface area contributed by atoms with Crippen molar-refractivity contribution in [2.45, 2.75) is 14.6 Å². The molecule has 2 heterocycles. The lowest BCUT2D eigenvalue weighted by Gasteiger charge is -2.11. The Balaban J connectivity index is 0.00000180. The highest BCUT2D eigenvalue weighted by Crippen LogP contribution is 2.33. The van der Waals surface area contributed by atoms with E-state index in [9.17, 15) is 4.79 Å². The third kappa shape index (κ3) is 6.00. The molecule has 4 nitrogen and oxygen atoms in total. The molecular formula is C12H13Cl2N3OS2. The SMILES string of the molecule is Cl.Cl.NC(=O)C(Sc1ccccn1)Sc1ccccn1. The summed E-state index contributed by atoms with van der Waals surface area (Å²) in [5.41, 5.74) is 5.40. The Kier molecular flexibility index (Phi) is 9.41. The van der Waals surface area contributed by atoms with E-state index >= 15 is 0 Å². The number of hydrogen-bond acceptors (Lipinski definition) is 5. The molecule has 0 unspecified atom stereocenters. The summed E-state index contributed by atoms with van der Waals surface area (Å²) in [6.07, 6.45) is 3.37. The fraction of sp³-hybridized carbons (Fsp3) is 0.0833. The zero-order valence-corrected chi connectivity index (χ0v) is 13.5. The minimum absolute atomic E-state index is 0. The van der Waals surface area contributed by atoms with E-state index in [-0.39, 0.29) is 30.7 Å². The normalized spacial score (nSPS) is 9.45. The molecule has 2 rings (SSSR count). The third-order valence-corrected chi connectivity index (χ3v) is 4.40. The molecule has 0 saturated heterocycles. The fourth-order valence-corrected chi connectivity index (χ4v) is 3.21. The molecule has 2 N–H and O–H groups in total. The molecular weight excluding hydrogens is 337 g/mol. The number of pyridine rings is 2. The Morgan fingerprint density at radius 2 is 1.40 bits per heavy atom. The summed E-state index contributed by atoms with van der Waals surface area (Å²) in [4.78, 5) is 19.8. The number of rotatable bonds is 5. The van der Waals surface area contributed by atoms with Gasteiger partial charge in [0.15, 0.2) is 0 Å². The van der Waals surface area contributed by atoms with Crippen LogP contribution in [0.15, 0.2) is 58.8 Å². The quantitative estimate of drug-likeness (QED) is 0.663. The summed E-state index contributed by atoms with van der Waals surface area (Å²) in [7, 11) is 0. The van der Waals surface area contributed by atoms with Gasteiger partial charge in [0.1, 0.15) is 4.58 Å². The molecule has 0 saturated carbocycles. The zero-order chi connectivity index (χ0) is 12.8. The molecule has 2 aromatic rings. The van der Waals surface area contributed by atoms with Crippen molar-refractivity contribution >= 4 is 54.2 Å². The van der Waals surface area contributed by atoms with Crippen molar-refractivity contribution < 1.29 is 4.79 Å². The smallest absolute Gasteiger partial charge is 0.241 e. The number of primary amides is 1. The molecule has 2 aromatic heterocycles. The van der Waals surface area contributed by atoms with Crippen molar-refractivity contribution in [1.82, 2.24) is 9.97 Å². The van der Waals surface area contributed by atoms with Crippen LogP contribution in [0.1, 0.15) is 0 Å². The van der Waals surface area contributed by atoms with E-state index in [4.69, 9.17) is 5.73 Å². The van der Waals surface area contributed by atoms with Crippen LogP contribution in [0.4, 0.5) is 0 Å². The van der Waals surface area contributed by atoms with E-state index in [1.165, 1.54) is 23.5 Å². The number of nitrogens with two attached hydrogens (primary N) is 1. The van der Waals surface area contributed by atoms with Gasteiger partial charge in [-0.3, -0.25) is 4.79 Å². The molecule has 108 valence electrons. The van der Waals surface area contributed by atoms with Gasteiger partial charge in [-0.1, -0.05) is 35.7 Å². The number of nitrogens with zero attached hydrogens (tertiary/aromatic N) is 2. The van der Waals surface area contributed by atoms with E-state index in [1.807, 2.05) is 36.4 Å². The van der Waals surface area contributed by atoms with Crippen LogP contribution >= 0.6 is 48.3 Å². The van der Waals surface area contributed by atoms with Gasteiger partial charge < -0.3 is 5.73 Å². The maximum absolute atomic E-state index is 11.4. The minimum Gasteiger partial charge on any atom is -0.368 e. The van der Waals surface area contributed by atoms with Crippen molar-refractivity contribution in [2.75, 3.05) is 0 Å². The Labute approximate surface area is 138 Å². The second kappa shape index (κ2) is 9.88. The maximum atomic E-state index is 11.4. The van der Waals surface area contributed by atoms with Gasteiger partial charge in [-0.05, 0) is 24.3 Å². The van der Waals surface area contributed by atoms with Crippen LogP contribution in [0.5, 0.6) is 0 Å². The third-order valence-electron chi connectivity index (χ3n) is 1.96. The lowest BCUT2D eigenvalue weighted by atomic mass is 10.5. The predicted molar refractivity (Wildman–Crippen MR) is 87.7 cm³/mol. The first kappa shape index (κ1) is 19.1. The lowest BCUT2D eigenvalue weighted by Crippen LogP contribution is -2.22. The van der Waals surface area contributed by atoms with Gasteiger partial charge in [-0.25, -0.2) is 9.97 Å². The topological polar surface area (TPSA) is 68.9 Å². The molecule has 0 atom stereocenters. The van der Waals surface area contributed by atoms with Crippen molar-refractivity contribution in [3.8, 4) is 0 Å². The minimum atomic E-state index is -0.435. The molecule has 0 aromatic carbocycles. The maximum Gasteiger partial charge on any atom is 0.241 e. The molecule has 0 radical (unpaired) electrons. The summed E-state index contributed by atoms with van der Waals surface area (Å²) in [5, 5.41) is 1.54. The summed E-state index contributed by atoms with van der Waals surface area (Å²) in [6.45, 7) is 0. The summed E-state index contributed by atoms with van der Waals surface area (Å²) in [6, 6.07) is 11.1. The molecule has 0 aliphatic carbocycles. The van der Waals surface area contributed by atoms with Crippen LogP contribution in [0.3, 0.4) is 0 Å². The molecule has 0 bridgehead atoms. The molecule has 8 heteroatoms. The van der Waals surface area contributed by atoms with Crippen molar-refractivity contribution in [2.24, 2.45) is 5.73 Å². The van der Waals surface area contributed by atoms with Gasteiger partial charge in [-0.2, -0.15) is 0 Å². The number of aromatic nitrogens is 2. The number of thioether (sulfide) groups is 2. The molecule has 1 amide bonds. The average Bonchev–Trinajstić information content (AvgIpc) is 2.40. The van der Waals surface area contributed by atoms with Crippen molar-refractivity contribution in [1.29, 1.82) is 0 Å². The Hall–Kier alpha value is -0.950. The predicted octanol–water partition coefficient (Wildman–Crippen LogP) is 3.02. The van der Waals surface area contributed by atoms with E-state index in [0.717, 1.165) is 10.1 Å². The van der Waals surface area contributed by atoms with E-state index < -0.39 is 4.58 Å². The number of carbonyl (C=O) groups excluding carboxylic acids is 1. The van der Waals surface area contributed by atoms with Crippen LogP contribution in [-0.4, -0.2) is 20.5 Å². The second-order valence-corrected chi connectivity index (χ2v) is 5.86. The number of amides is 1. The van der Waals surface area contributed by atoms with E-state index in [2.05, 4.69) is 9.97 Å². The zero-order valence-electron chi connectivity index (χ0n) is 10.2. The lowest BCUT2D eigenvalue weighted by molar-refractivity contribution is -0.116. The Bertz CT molecular complexity index is 475. The van der Waals surface area contributed by atoms with E-state index in [0.29, 0.717) is 0 Å². The fourth-order valence-electron chi connectivity index (χ4n) is 1.19. The first-order chi connectivity index (χ1) is 8.75. The van der Waals surface area contributed by atoms with Gasteiger partial charge >= 0.3 is 0 Å². The van der Waals surface area contributed by atoms with Crippen molar-refractivity contribution in [3.63, 3.8) is 0 Å². The molecule has 0 aliphatic rings. The summed E-state index contributed by atoms with van der Waals surface area (Å²) >= 11 is 2.66. The standard InChI is InChI=1S/C12H11N3OS2.2ClH/c13-11(16)12(17-9-5-1-3-7-14-9)18-10-6-2-4-8-15-10;;/h1-8,12H,(H2,13,16);2*1H. The molecule has 20 heavy (non-hydrogen) atoms. The van der Waals surface area contributed by atoms with Crippen LogP contribution in [-0.2, 0) is 4.79 Å². The largest absolute Gasteiger partial charge is 0.368 e. The highest BCUT2D eigenvalue weighted by molar-refractivity contribution is 8.18. The van der Waals surface area contributed by atoms with Crippen LogP contribution in [0.2, 0.25) is 0 Å². The van der Waals surface area contributed by atoms with Crippen LogP contribution in [0, 0.1) is 0 Å². The number of carbonyl (C=O) groups is 1. The van der Waals surface area contributed by atoms with Gasteiger partial charge in [0.2, 0.25) is 5.91 Å². The van der Waals surface area contributed by atoms with Gasteiger partial charge in [0.25, 0.3) is 0 Å². The summed E-state index contributed by atoms with van der Waals surface area (Å²) < 4.78 is -0.435. The number of halogens is 2. The highest BCUT2D eigenvalue weighted by atomic mass is 35.5. The average molecular weight is 350 g/mol. The first-order valence-electron chi connectivity index (χ1n) is 5.20. The van der Waals surface area contributed by atoms with Crippen molar-refractivity contribution in [3.05, 3.63) is 48.8 Å². The van der Waals surface area contributed by atoms with Crippen LogP contribution in [0.25, 0.3) is 0 Å².